The van der Waals surface area contributed by atoms with E-state index in [9.17, 15) is 5.11 Å². The van der Waals surface area contributed by atoms with E-state index in [1.54, 1.807) is 0 Å². The van der Waals surface area contributed by atoms with Crippen molar-refractivity contribution in [2.45, 2.75) is 46.1 Å². The van der Waals surface area contributed by atoms with Crippen LogP contribution in [0.2, 0.25) is 0 Å². The maximum atomic E-state index is 10.5. The molecule has 0 radical (unpaired) electrons. The molecule has 1 N–H and O–H groups in total. The molecule has 1 aliphatic carbocycles. The zero-order chi connectivity index (χ0) is 14.3. The van der Waals surface area contributed by atoms with Gasteiger partial charge in [0.15, 0.2) is 11.5 Å². The van der Waals surface area contributed by atoms with Gasteiger partial charge in [-0.3, -0.25) is 0 Å². The molecule has 0 spiro atoms. The van der Waals surface area contributed by atoms with Gasteiger partial charge in [-0.2, -0.15) is 0 Å². The Morgan fingerprint density at radius 3 is 2.50 bits per heavy atom. The fourth-order valence-corrected chi connectivity index (χ4v) is 3.09. The van der Waals surface area contributed by atoms with Crippen molar-refractivity contribution in [3.63, 3.8) is 0 Å². The van der Waals surface area contributed by atoms with Crippen molar-refractivity contribution in [2.24, 2.45) is 11.3 Å². The minimum absolute atomic E-state index is 0.173. The van der Waals surface area contributed by atoms with E-state index in [0.29, 0.717) is 19.1 Å². The third kappa shape index (κ3) is 2.64. The van der Waals surface area contributed by atoms with Crippen LogP contribution in [0.25, 0.3) is 0 Å². The van der Waals surface area contributed by atoms with Crippen LogP contribution in [-0.2, 0) is 6.42 Å². The molecule has 1 aliphatic heterocycles. The Morgan fingerprint density at radius 1 is 1.15 bits per heavy atom. The number of hydrogen-bond donors (Lipinski definition) is 1. The molecule has 3 nitrogen and oxygen atoms in total. The lowest BCUT2D eigenvalue weighted by atomic mass is 9.84. The van der Waals surface area contributed by atoms with E-state index in [2.05, 4.69) is 26.8 Å². The van der Waals surface area contributed by atoms with Crippen LogP contribution in [0, 0.1) is 11.3 Å². The van der Waals surface area contributed by atoms with Crippen molar-refractivity contribution < 1.29 is 14.6 Å². The van der Waals surface area contributed by atoms with Crippen molar-refractivity contribution in [3.8, 4) is 11.5 Å². The van der Waals surface area contributed by atoms with Gasteiger partial charge in [0.1, 0.15) is 0 Å². The van der Waals surface area contributed by atoms with Gasteiger partial charge in [-0.25, -0.2) is 0 Å². The van der Waals surface area contributed by atoms with Gasteiger partial charge in [-0.1, -0.05) is 20.8 Å². The van der Waals surface area contributed by atoms with Crippen molar-refractivity contribution in [3.05, 3.63) is 23.3 Å². The smallest absolute Gasteiger partial charge is 0.161 e. The van der Waals surface area contributed by atoms with E-state index in [4.69, 9.17) is 9.47 Å². The SMILES string of the molecule is CC1COc2cc3c(cc2OC1)C(O)CC(C)(C)CC3. The second-order valence-electron chi connectivity index (χ2n) is 7.11. The van der Waals surface area contributed by atoms with E-state index < -0.39 is 6.10 Å². The van der Waals surface area contributed by atoms with Crippen LogP contribution in [0.15, 0.2) is 12.1 Å². The van der Waals surface area contributed by atoms with Crippen molar-refractivity contribution in [1.29, 1.82) is 0 Å². The molecule has 2 unspecified atom stereocenters. The van der Waals surface area contributed by atoms with Gasteiger partial charge in [0.25, 0.3) is 0 Å². The fourth-order valence-electron chi connectivity index (χ4n) is 3.09. The maximum Gasteiger partial charge on any atom is 0.161 e. The maximum absolute atomic E-state index is 10.5. The van der Waals surface area contributed by atoms with Crippen LogP contribution in [0.1, 0.15) is 50.8 Å². The van der Waals surface area contributed by atoms with E-state index in [-0.39, 0.29) is 5.41 Å². The summed E-state index contributed by atoms with van der Waals surface area (Å²) in [6.45, 7) is 7.94. The number of ether oxygens (including phenoxy) is 2. The number of benzene rings is 1. The first-order valence-corrected chi connectivity index (χ1v) is 7.55. The average molecular weight is 276 g/mol. The van der Waals surface area contributed by atoms with Crippen LogP contribution in [-0.4, -0.2) is 18.3 Å². The first-order chi connectivity index (χ1) is 9.44. The Morgan fingerprint density at radius 2 is 1.80 bits per heavy atom. The third-order valence-corrected chi connectivity index (χ3v) is 4.43. The highest BCUT2D eigenvalue weighted by Gasteiger charge is 2.30. The standard InChI is InChI=1S/C17H24O3/c1-11-9-19-15-6-12-4-5-17(2,3)8-14(18)13(12)7-16(15)20-10-11/h6-7,11,14,18H,4-5,8-10H2,1-3H3. The van der Waals surface area contributed by atoms with E-state index in [1.807, 2.05) is 6.07 Å². The molecule has 0 saturated heterocycles. The molecular weight excluding hydrogens is 252 g/mol. The number of aliphatic hydroxyl groups is 1. The van der Waals surface area contributed by atoms with Crippen LogP contribution >= 0.6 is 0 Å². The molecule has 0 saturated carbocycles. The molecule has 2 atom stereocenters. The number of fused-ring (bicyclic) bond motifs is 2. The summed E-state index contributed by atoms with van der Waals surface area (Å²) in [6.07, 6.45) is 2.48. The number of aryl methyl sites for hydroxylation is 1. The highest BCUT2D eigenvalue weighted by Crippen LogP contribution is 2.43. The molecule has 2 aliphatic rings. The first kappa shape index (κ1) is 13.7. The van der Waals surface area contributed by atoms with Gasteiger partial charge in [0.05, 0.1) is 19.3 Å². The number of hydrogen-bond acceptors (Lipinski definition) is 3. The molecule has 0 amide bonds. The first-order valence-electron chi connectivity index (χ1n) is 7.55. The van der Waals surface area contributed by atoms with Crippen molar-refractivity contribution >= 4 is 0 Å². The molecular formula is C17H24O3. The van der Waals surface area contributed by atoms with Gasteiger partial charge in [-0.15, -0.1) is 0 Å². The summed E-state index contributed by atoms with van der Waals surface area (Å²) in [4.78, 5) is 0. The predicted molar refractivity (Wildman–Crippen MR) is 78.3 cm³/mol. The lowest BCUT2D eigenvalue weighted by Crippen LogP contribution is -2.13. The largest absolute Gasteiger partial charge is 0.489 e. The normalized spacial score (nSPS) is 28.2. The Balaban J connectivity index is 1.98. The summed E-state index contributed by atoms with van der Waals surface area (Å²) in [5.41, 5.74) is 2.40. The molecule has 20 heavy (non-hydrogen) atoms. The fraction of sp³-hybridized carbons (Fsp3) is 0.647. The Bertz CT molecular complexity index is 507. The van der Waals surface area contributed by atoms with Crippen molar-refractivity contribution in [1.82, 2.24) is 0 Å². The number of rotatable bonds is 0. The van der Waals surface area contributed by atoms with Crippen LogP contribution in [0.3, 0.4) is 0 Å². The Kier molecular flexibility index (Phi) is 3.41. The third-order valence-electron chi connectivity index (χ3n) is 4.43. The average Bonchev–Trinajstić information content (AvgIpc) is 2.62. The topological polar surface area (TPSA) is 38.7 Å². The lowest BCUT2D eigenvalue weighted by Gasteiger charge is -2.24. The summed E-state index contributed by atoms with van der Waals surface area (Å²) in [7, 11) is 0. The molecule has 0 fully saturated rings. The summed E-state index contributed by atoms with van der Waals surface area (Å²) in [5, 5.41) is 10.5. The monoisotopic (exact) mass is 276 g/mol. The van der Waals surface area contributed by atoms with Gasteiger partial charge in [0.2, 0.25) is 0 Å². The molecule has 1 aromatic carbocycles. The van der Waals surface area contributed by atoms with Gasteiger partial charge >= 0.3 is 0 Å². The highest BCUT2D eigenvalue weighted by atomic mass is 16.5. The summed E-state index contributed by atoms with van der Waals surface area (Å²) in [6, 6.07) is 4.07. The van der Waals surface area contributed by atoms with E-state index >= 15 is 0 Å². The second kappa shape index (κ2) is 4.96. The lowest BCUT2D eigenvalue weighted by molar-refractivity contribution is 0.116. The summed E-state index contributed by atoms with van der Waals surface area (Å²) >= 11 is 0. The van der Waals surface area contributed by atoms with Gasteiger partial charge in [0, 0.05) is 5.92 Å². The number of aliphatic hydroxyl groups excluding tert-OH is 1. The summed E-state index contributed by atoms with van der Waals surface area (Å²) in [5.74, 6) is 2.01. The highest BCUT2D eigenvalue weighted by molar-refractivity contribution is 5.49. The predicted octanol–water partition coefficient (Wildman–Crippen LogP) is 3.49. The summed E-state index contributed by atoms with van der Waals surface area (Å²) < 4.78 is 11.7. The molecule has 0 aromatic heterocycles. The Labute approximate surface area is 120 Å². The van der Waals surface area contributed by atoms with Gasteiger partial charge < -0.3 is 14.6 Å². The molecule has 3 heteroatoms. The molecule has 0 bridgehead atoms. The molecule has 1 heterocycles. The zero-order valence-electron chi connectivity index (χ0n) is 12.6. The van der Waals surface area contributed by atoms with Crippen LogP contribution < -0.4 is 9.47 Å². The quantitative estimate of drug-likeness (QED) is 0.737. The zero-order valence-corrected chi connectivity index (χ0v) is 12.6. The van der Waals surface area contributed by atoms with E-state index in [0.717, 1.165) is 36.3 Å². The van der Waals surface area contributed by atoms with Gasteiger partial charge in [-0.05, 0) is 47.9 Å². The van der Waals surface area contributed by atoms with E-state index in [1.165, 1.54) is 5.56 Å². The minimum Gasteiger partial charge on any atom is -0.489 e. The van der Waals surface area contributed by atoms with Crippen molar-refractivity contribution in [2.75, 3.05) is 13.2 Å². The molecule has 110 valence electrons. The second-order valence-corrected chi connectivity index (χ2v) is 7.11. The minimum atomic E-state index is -0.405. The Hall–Kier alpha value is -1.22. The molecule has 3 rings (SSSR count). The molecule has 1 aromatic rings. The van der Waals surface area contributed by atoms with Crippen LogP contribution in [0.4, 0.5) is 0 Å². The van der Waals surface area contributed by atoms with Crippen LogP contribution in [0.5, 0.6) is 11.5 Å².